The molecule has 158 valence electrons. The fourth-order valence-electron chi connectivity index (χ4n) is 3.08. The molecule has 1 amide bonds. The van der Waals surface area contributed by atoms with Gasteiger partial charge in [0.05, 0.1) is 10.2 Å². The third kappa shape index (κ3) is 5.35. The van der Waals surface area contributed by atoms with E-state index in [2.05, 4.69) is 56.8 Å². The molecule has 1 aromatic carbocycles. The van der Waals surface area contributed by atoms with Crippen molar-refractivity contribution in [1.82, 2.24) is 19.7 Å². The molecule has 0 N–H and O–H groups in total. The SMILES string of the molecule is CCN(CC)CCN(C(=O)c1ccn(C(C)C)n1)c1nc2ccc(C)cc2s1.Cl. The molecule has 0 atom stereocenters. The molecule has 8 heteroatoms. The van der Waals surface area contributed by atoms with Gasteiger partial charge in [-0.05, 0) is 57.6 Å². The molecular formula is C21H30ClN5OS. The van der Waals surface area contributed by atoms with Crippen LogP contribution in [0.15, 0.2) is 30.5 Å². The number of hydrogen-bond acceptors (Lipinski definition) is 5. The molecule has 29 heavy (non-hydrogen) atoms. The second-order valence-corrected chi connectivity index (χ2v) is 8.24. The van der Waals surface area contributed by atoms with Gasteiger partial charge in [0, 0.05) is 25.3 Å². The van der Waals surface area contributed by atoms with Crippen LogP contribution in [0.5, 0.6) is 0 Å². The molecule has 0 aliphatic heterocycles. The summed E-state index contributed by atoms with van der Waals surface area (Å²) >= 11 is 1.56. The van der Waals surface area contributed by atoms with Crippen LogP contribution in [0.3, 0.4) is 0 Å². The number of amides is 1. The summed E-state index contributed by atoms with van der Waals surface area (Å²) in [6.07, 6.45) is 1.86. The molecule has 0 radical (unpaired) electrons. The molecular weight excluding hydrogens is 406 g/mol. The van der Waals surface area contributed by atoms with Gasteiger partial charge in [-0.3, -0.25) is 14.4 Å². The third-order valence-corrected chi connectivity index (χ3v) is 5.94. The first kappa shape index (κ1) is 23.3. The van der Waals surface area contributed by atoms with E-state index < -0.39 is 0 Å². The molecule has 2 heterocycles. The highest BCUT2D eigenvalue weighted by Gasteiger charge is 2.24. The minimum atomic E-state index is -0.0951. The van der Waals surface area contributed by atoms with E-state index in [1.165, 1.54) is 5.56 Å². The molecule has 2 aromatic heterocycles. The molecule has 3 aromatic rings. The number of aryl methyl sites for hydroxylation is 1. The summed E-state index contributed by atoms with van der Waals surface area (Å²) in [6, 6.07) is 8.21. The number of carbonyl (C=O) groups excluding carboxylic acids is 1. The standard InChI is InChI=1S/C21H29N5OS.ClH/c1-6-24(7-2)12-13-25(20(27)18-10-11-26(23-18)15(3)4)21-22-17-9-8-16(5)14-19(17)28-21;/h8-11,14-15H,6-7,12-13H2,1-5H3;1H. The van der Waals surface area contributed by atoms with E-state index in [0.29, 0.717) is 12.2 Å². The van der Waals surface area contributed by atoms with Crippen LogP contribution in [-0.4, -0.2) is 51.8 Å². The van der Waals surface area contributed by atoms with Crippen LogP contribution in [0.25, 0.3) is 10.2 Å². The lowest BCUT2D eigenvalue weighted by molar-refractivity contribution is 0.0978. The Bertz CT molecular complexity index is 948. The summed E-state index contributed by atoms with van der Waals surface area (Å²) in [5.41, 5.74) is 2.59. The number of nitrogens with zero attached hydrogens (tertiary/aromatic N) is 5. The van der Waals surface area contributed by atoms with Crippen molar-refractivity contribution in [3.05, 3.63) is 41.7 Å². The minimum Gasteiger partial charge on any atom is -0.302 e. The average Bonchev–Trinajstić information content (AvgIpc) is 3.31. The maximum Gasteiger partial charge on any atom is 0.280 e. The van der Waals surface area contributed by atoms with Gasteiger partial charge < -0.3 is 4.90 Å². The van der Waals surface area contributed by atoms with Gasteiger partial charge in [0.15, 0.2) is 10.8 Å². The van der Waals surface area contributed by atoms with Crippen LogP contribution in [0.2, 0.25) is 0 Å². The molecule has 6 nitrogen and oxygen atoms in total. The topological polar surface area (TPSA) is 54.3 Å². The van der Waals surface area contributed by atoms with Crippen molar-refractivity contribution in [3.63, 3.8) is 0 Å². The molecule has 0 saturated heterocycles. The maximum absolute atomic E-state index is 13.3. The van der Waals surface area contributed by atoms with Gasteiger partial charge in [-0.15, -0.1) is 12.4 Å². The summed E-state index contributed by atoms with van der Waals surface area (Å²) in [7, 11) is 0. The maximum atomic E-state index is 13.3. The van der Waals surface area contributed by atoms with Crippen LogP contribution in [0, 0.1) is 6.92 Å². The van der Waals surface area contributed by atoms with Crippen molar-refractivity contribution in [2.24, 2.45) is 0 Å². The number of halogens is 1. The number of hydrogen-bond donors (Lipinski definition) is 0. The predicted octanol–water partition coefficient (Wildman–Crippen LogP) is 4.79. The zero-order valence-corrected chi connectivity index (χ0v) is 19.4. The van der Waals surface area contributed by atoms with Crippen molar-refractivity contribution in [1.29, 1.82) is 0 Å². The van der Waals surface area contributed by atoms with E-state index in [4.69, 9.17) is 4.98 Å². The summed E-state index contributed by atoms with van der Waals surface area (Å²) in [6.45, 7) is 13.8. The molecule has 0 fully saturated rings. The van der Waals surface area contributed by atoms with Gasteiger partial charge in [-0.1, -0.05) is 31.3 Å². The second-order valence-electron chi connectivity index (χ2n) is 7.23. The Morgan fingerprint density at radius 3 is 2.52 bits per heavy atom. The Labute approximate surface area is 182 Å². The largest absolute Gasteiger partial charge is 0.302 e. The Balaban J connectivity index is 0.00000300. The lowest BCUT2D eigenvalue weighted by Crippen LogP contribution is -2.39. The van der Waals surface area contributed by atoms with Crippen LogP contribution < -0.4 is 4.90 Å². The quantitative estimate of drug-likeness (QED) is 0.510. The number of likely N-dealkylation sites (N-methyl/N-ethyl adjacent to an activating group) is 1. The second kappa shape index (κ2) is 10.2. The Morgan fingerprint density at radius 2 is 1.90 bits per heavy atom. The monoisotopic (exact) mass is 435 g/mol. The molecule has 0 unspecified atom stereocenters. The first-order chi connectivity index (χ1) is 13.4. The lowest BCUT2D eigenvalue weighted by Gasteiger charge is -2.24. The number of rotatable bonds is 8. The van der Waals surface area contributed by atoms with E-state index in [1.807, 2.05) is 16.9 Å². The Morgan fingerprint density at radius 1 is 1.17 bits per heavy atom. The molecule has 0 aliphatic carbocycles. The highest BCUT2D eigenvalue weighted by Crippen LogP contribution is 2.30. The summed E-state index contributed by atoms with van der Waals surface area (Å²) in [5, 5.41) is 5.21. The van der Waals surface area contributed by atoms with Crippen molar-refractivity contribution in [2.75, 3.05) is 31.1 Å². The fourth-order valence-corrected chi connectivity index (χ4v) is 4.17. The number of benzene rings is 1. The van der Waals surface area contributed by atoms with Crippen molar-refractivity contribution < 1.29 is 4.79 Å². The van der Waals surface area contributed by atoms with Gasteiger partial charge in [0.1, 0.15) is 0 Å². The number of thiazole rings is 1. The van der Waals surface area contributed by atoms with Crippen LogP contribution in [0.1, 0.15) is 49.8 Å². The number of fused-ring (bicyclic) bond motifs is 1. The average molecular weight is 436 g/mol. The highest BCUT2D eigenvalue weighted by molar-refractivity contribution is 7.22. The van der Waals surface area contributed by atoms with Gasteiger partial charge in [-0.25, -0.2) is 4.98 Å². The summed E-state index contributed by atoms with van der Waals surface area (Å²) in [4.78, 5) is 22.1. The van der Waals surface area contributed by atoms with Crippen molar-refractivity contribution in [3.8, 4) is 0 Å². The normalized spacial score (nSPS) is 11.3. The summed E-state index contributed by atoms with van der Waals surface area (Å²) < 4.78 is 2.92. The first-order valence-electron chi connectivity index (χ1n) is 9.89. The number of carbonyl (C=O) groups is 1. The van der Waals surface area contributed by atoms with E-state index >= 15 is 0 Å². The van der Waals surface area contributed by atoms with Crippen LogP contribution in [0.4, 0.5) is 5.13 Å². The van der Waals surface area contributed by atoms with Crippen LogP contribution in [-0.2, 0) is 0 Å². The van der Waals surface area contributed by atoms with E-state index in [0.717, 1.165) is 35.0 Å². The Hall–Kier alpha value is -1.96. The molecule has 0 bridgehead atoms. The molecule has 3 rings (SSSR count). The van der Waals surface area contributed by atoms with Crippen molar-refractivity contribution >= 4 is 45.0 Å². The smallest absolute Gasteiger partial charge is 0.280 e. The number of aromatic nitrogens is 3. The lowest BCUT2D eigenvalue weighted by atomic mass is 10.2. The van der Waals surface area contributed by atoms with Gasteiger partial charge >= 0.3 is 0 Å². The molecule has 0 aliphatic rings. The summed E-state index contributed by atoms with van der Waals surface area (Å²) in [5.74, 6) is -0.0951. The zero-order chi connectivity index (χ0) is 20.3. The van der Waals surface area contributed by atoms with Crippen LogP contribution >= 0.6 is 23.7 Å². The van der Waals surface area contributed by atoms with E-state index in [1.54, 1.807) is 22.3 Å². The Kier molecular flexibility index (Phi) is 8.19. The van der Waals surface area contributed by atoms with Gasteiger partial charge in [-0.2, -0.15) is 5.10 Å². The predicted molar refractivity (Wildman–Crippen MR) is 124 cm³/mol. The van der Waals surface area contributed by atoms with E-state index in [9.17, 15) is 4.79 Å². The molecule has 0 spiro atoms. The molecule has 0 saturated carbocycles. The third-order valence-electron chi connectivity index (χ3n) is 4.90. The minimum absolute atomic E-state index is 0. The first-order valence-corrected chi connectivity index (χ1v) is 10.7. The zero-order valence-electron chi connectivity index (χ0n) is 17.8. The number of anilines is 1. The van der Waals surface area contributed by atoms with Gasteiger partial charge in [0.25, 0.3) is 5.91 Å². The highest BCUT2D eigenvalue weighted by atomic mass is 35.5. The fraction of sp³-hybridized carbons (Fsp3) is 0.476. The van der Waals surface area contributed by atoms with Gasteiger partial charge in [0.2, 0.25) is 0 Å². The van der Waals surface area contributed by atoms with E-state index in [-0.39, 0.29) is 24.4 Å². The van der Waals surface area contributed by atoms with Crippen molar-refractivity contribution in [2.45, 2.75) is 40.7 Å².